The standard InChI is InChI=1S/C8H6FNS/c9-11-8-5-10-7-4-2-1-3-6(7)8/h1-5,10H. The van der Waals surface area contributed by atoms with Crippen LogP contribution in [0.4, 0.5) is 3.89 Å². The Balaban J connectivity index is 2.76. The van der Waals surface area contributed by atoms with Crippen molar-refractivity contribution < 1.29 is 3.89 Å². The third kappa shape index (κ3) is 1.01. The first-order valence-electron chi connectivity index (χ1n) is 3.26. The average molecular weight is 167 g/mol. The van der Waals surface area contributed by atoms with Crippen molar-refractivity contribution in [1.29, 1.82) is 0 Å². The third-order valence-electron chi connectivity index (χ3n) is 1.63. The molecule has 0 saturated heterocycles. The molecule has 0 radical (unpaired) electrons. The van der Waals surface area contributed by atoms with E-state index in [1.54, 1.807) is 6.20 Å². The topological polar surface area (TPSA) is 15.8 Å². The van der Waals surface area contributed by atoms with Crippen LogP contribution in [0.25, 0.3) is 10.9 Å². The van der Waals surface area contributed by atoms with E-state index in [1.807, 2.05) is 24.3 Å². The minimum absolute atomic E-state index is 0.274. The number of aromatic nitrogens is 1. The number of benzene rings is 1. The summed E-state index contributed by atoms with van der Waals surface area (Å²) in [5.74, 6) is 0. The van der Waals surface area contributed by atoms with E-state index in [4.69, 9.17) is 0 Å². The Morgan fingerprint density at radius 1 is 1.27 bits per heavy atom. The van der Waals surface area contributed by atoms with E-state index in [9.17, 15) is 3.89 Å². The van der Waals surface area contributed by atoms with Gasteiger partial charge >= 0.3 is 0 Å². The molecule has 1 N–H and O–H groups in total. The molecule has 0 unspecified atom stereocenters. The van der Waals surface area contributed by atoms with Crippen molar-refractivity contribution in [2.45, 2.75) is 4.90 Å². The molecule has 0 aliphatic heterocycles. The van der Waals surface area contributed by atoms with Gasteiger partial charge in [0.05, 0.1) is 17.0 Å². The van der Waals surface area contributed by atoms with Crippen LogP contribution in [0.2, 0.25) is 0 Å². The van der Waals surface area contributed by atoms with Gasteiger partial charge in [-0.3, -0.25) is 0 Å². The van der Waals surface area contributed by atoms with E-state index in [-0.39, 0.29) is 12.1 Å². The molecule has 0 bridgehead atoms. The molecule has 0 spiro atoms. The predicted octanol–water partition coefficient (Wildman–Crippen LogP) is 3.14. The van der Waals surface area contributed by atoms with Crippen LogP contribution in [0.3, 0.4) is 0 Å². The first-order valence-corrected chi connectivity index (χ1v) is 3.98. The zero-order valence-electron chi connectivity index (χ0n) is 5.67. The fourth-order valence-electron chi connectivity index (χ4n) is 1.11. The van der Waals surface area contributed by atoms with E-state index in [1.165, 1.54) is 0 Å². The summed E-state index contributed by atoms with van der Waals surface area (Å²) in [6, 6.07) is 7.64. The van der Waals surface area contributed by atoms with E-state index < -0.39 is 0 Å². The number of hydrogen-bond donors (Lipinski definition) is 1. The quantitative estimate of drug-likeness (QED) is 0.689. The summed E-state index contributed by atoms with van der Waals surface area (Å²) in [6.45, 7) is 0. The number of rotatable bonds is 1. The second-order valence-corrected chi connectivity index (χ2v) is 2.87. The highest BCUT2D eigenvalue weighted by Crippen LogP contribution is 2.27. The molecule has 1 aromatic heterocycles. The molecule has 11 heavy (non-hydrogen) atoms. The molecule has 56 valence electrons. The maximum absolute atomic E-state index is 12.2. The van der Waals surface area contributed by atoms with Crippen molar-refractivity contribution in [1.82, 2.24) is 4.98 Å². The van der Waals surface area contributed by atoms with Crippen LogP contribution < -0.4 is 0 Å². The number of H-pyrrole nitrogens is 1. The van der Waals surface area contributed by atoms with Crippen molar-refractivity contribution in [3.05, 3.63) is 30.5 Å². The summed E-state index contributed by atoms with van der Waals surface area (Å²) in [6.07, 6.45) is 1.68. The Kier molecular flexibility index (Phi) is 1.58. The van der Waals surface area contributed by atoms with E-state index in [2.05, 4.69) is 4.98 Å². The summed E-state index contributed by atoms with van der Waals surface area (Å²) in [5.41, 5.74) is 0.979. The van der Waals surface area contributed by atoms with Crippen LogP contribution in [-0.4, -0.2) is 4.98 Å². The minimum Gasteiger partial charge on any atom is -0.360 e. The Labute approximate surface area is 67.9 Å². The molecule has 1 heterocycles. The first kappa shape index (κ1) is 6.73. The summed E-state index contributed by atoms with van der Waals surface area (Å²) in [4.78, 5) is 3.63. The molecule has 0 saturated carbocycles. The van der Waals surface area contributed by atoms with Crippen LogP contribution in [0.15, 0.2) is 35.4 Å². The van der Waals surface area contributed by atoms with Gasteiger partial charge in [-0.05, 0) is 6.07 Å². The summed E-state index contributed by atoms with van der Waals surface area (Å²) in [7, 11) is 0. The van der Waals surface area contributed by atoms with Gasteiger partial charge in [-0.2, -0.15) is 3.89 Å². The van der Waals surface area contributed by atoms with Crippen molar-refractivity contribution in [2.24, 2.45) is 0 Å². The number of para-hydroxylation sites is 1. The lowest BCUT2D eigenvalue weighted by atomic mass is 10.2. The van der Waals surface area contributed by atoms with Gasteiger partial charge in [-0.25, -0.2) is 0 Å². The molecule has 2 rings (SSSR count). The first-order chi connectivity index (χ1) is 5.42. The Morgan fingerprint density at radius 3 is 2.91 bits per heavy atom. The Bertz CT molecular complexity index is 369. The molecule has 0 amide bonds. The molecular formula is C8H6FNS. The number of halogens is 1. The summed E-state index contributed by atoms with van der Waals surface area (Å²) < 4.78 is 12.2. The van der Waals surface area contributed by atoms with Crippen LogP contribution in [0.5, 0.6) is 0 Å². The molecule has 0 atom stereocenters. The number of aromatic amines is 1. The third-order valence-corrected chi connectivity index (χ3v) is 2.14. The smallest absolute Gasteiger partial charge is 0.0834 e. The minimum atomic E-state index is 0.274. The summed E-state index contributed by atoms with van der Waals surface area (Å²) >= 11 is 0.274. The van der Waals surface area contributed by atoms with Gasteiger partial charge in [0.15, 0.2) is 0 Å². The predicted molar refractivity (Wildman–Crippen MR) is 45.3 cm³/mol. The van der Waals surface area contributed by atoms with E-state index in [0.717, 1.165) is 10.9 Å². The Morgan fingerprint density at radius 2 is 2.09 bits per heavy atom. The molecular weight excluding hydrogens is 161 g/mol. The normalized spacial score (nSPS) is 10.6. The maximum atomic E-state index is 12.2. The molecule has 2 aromatic rings. The number of nitrogens with one attached hydrogen (secondary N) is 1. The SMILES string of the molecule is FSc1c[nH]c2ccccc12. The van der Waals surface area contributed by atoms with Crippen LogP contribution in [-0.2, 0) is 0 Å². The van der Waals surface area contributed by atoms with Gasteiger partial charge in [0.25, 0.3) is 0 Å². The van der Waals surface area contributed by atoms with E-state index >= 15 is 0 Å². The molecule has 3 heteroatoms. The highest BCUT2D eigenvalue weighted by Gasteiger charge is 2.01. The second-order valence-electron chi connectivity index (χ2n) is 2.28. The van der Waals surface area contributed by atoms with Crippen molar-refractivity contribution >= 4 is 23.1 Å². The zero-order valence-corrected chi connectivity index (χ0v) is 6.49. The number of fused-ring (bicyclic) bond motifs is 1. The van der Waals surface area contributed by atoms with Crippen LogP contribution >= 0.6 is 12.1 Å². The Hall–Kier alpha value is -0.960. The largest absolute Gasteiger partial charge is 0.360 e. The monoisotopic (exact) mass is 167 g/mol. The van der Waals surface area contributed by atoms with Crippen LogP contribution in [0, 0.1) is 0 Å². The zero-order chi connectivity index (χ0) is 7.68. The van der Waals surface area contributed by atoms with Gasteiger partial charge < -0.3 is 4.98 Å². The van der Waals surface area contributed by atoms with Gasteiger partial charge in [0.2, 0.25) is 0 Å². The lowest BCUT2D eigenvalue weighted by Gasteiger charge is -1.87. The fourth-order valence-corrected chi connectivity index (χ4v) is 1.47. The van der Waals surface area contributed by atoms with Crippen molar-refractivity contribution in [3.63, 3.8) is 0 Å². The number of hydrogen-bond acceptors (Lipinski definition) is 1. The van der Waals surface area contributed by atoms with Crippen molar-refractivity contribution in [3.8, 4) is 0 Å². The molecule has 0 aliphatic rings. The molecule has 1 aromatic carbocycles. The molecule has 0 fully saturated rings. The van der Waals surface area contributed by atoms with Crippen molar-refractivity contribution in [2.75, 3.05) is 0 Å². The lowest BCUT2D eigenvalue weighted by molar-refractivity contribution is 0.936. The highest BCUT2D eigenvalue weighted by atomic mass is 32.2. The maximum Gasteiger partial charge on any atom is 0.0834 e. The molecule has 1 nitrogen and oxygen atoms in total. The highest BCUT2D eigenvalue weighted by molar-refractivity contribution is 7.94. The second kappa shape index (κ2) is 2.58. The van der Waals surface area contributed by atoms with Gasteiger partial charge in [0.1, 0.15) is 0 Å². The fraction of sp³-hybridized carbons (Fsp3) is 0. The lowest BCUT2D eigenvalue weighted by Crippen LogP contribution is -1.64. The summed E-state index contributed by atoms with van der Waals surface area (Å²) in [5, 5.41) is 0.944. The average Bonchev–Trinajstić information content (AvgIpc) is 2.47. The van der Waals surface area contributed by atoms with Crippen LogP contribution in [0.1, 0.15) is 0 Å². The van der Waals surface area contributed by atoms with Gasteiger partial charge in [0, 0.05) is 17.1 Å². The van der Waals surface area contributed by atoms with E-state index in [0.29, 0.717) is 4.90 Å². The van der Waals surface area contributed by atoms with Gasteiger partial charge in [-0.1, -0.05) is 18.2 Å². The van der Waals surface area contributed by atoms with Gasteiger partial charge in [-0.15, -0.1) is 0 Å². The molecule has 0 aliphatic carbocycles.